The number of benzene rings is 1. The molecule has 0 aliphatic carbocycles. The van der Waals surface area contributed by atoms with Crippen molar-refractivity contribution in [1.82, 2.24) is 20.0 Å². The average Bonchev–Trinajstić information content (AvgIpc) is 2.90. The minimum absolute atomic E-state index is 0.758. The maximum absolute atomic E-state index is 4.22. The minimum Gasteiger partial charge on any atom is -0.237 e. The largest absolute Gasteiger partial charge is 0.237 e. The van der Waals surface area contributed by atoms with Crippen LogP contribution in [0.25, 0.3) is 17.1 Å². The highest BCUT2D eigenvalue weighted by Crippen LogP contribution is 2.19. The van der Waals surface area contributed by atoms with Crippen LogP contribution in [0.4, 0.5) is 0 Å². The lowest BCUT2D eigenvalue weighted by atomic mass is 10.2. The van der Waals surface area contributed by atoms with Crippen molar-refractivity contribution >= 4 is 15.9 Å². The van der Waals surface area contributed by atoms with Crippen molar-refractivity contribution in [2.45, 2.75) is 0 Å². The van der Waals surface area contributed by atoms with E-state index in [4.69, 9.17) is 0 Å². The number of aromatic nitrogens is 4. The average molecular weight is 301 g/mol. The summed E-state index contributed by atoms with van der Waals surface area (Å²) in [6.07, 6.45) is 3.60. The third-order valence-electron chi connectivity index (χ3n) is 2.52. The van der Waals surface area contributed by atoms with Gasteiger partial charge in [-0.25, -0.2) is 9.67 Å². The molecule has 0 unspecified atom stereocenters. The lowest BCUT2D eigenvalue weighted by molar-refractivity contribution is 0.782. The van der Waals surface area contributed by atoms with Gasteiger partial charge < -0.3 is 0 Å². The third-order valence-corrected chi connectivity index (χ3v) is 3.05. The highest BCUT2D eigenvalue weighted by molar-refractivity contribution is 9.10. The van der Waals surface area contributed by atoms with Crippen molar-refractivity contribution < 1.29 is 0 Å². The van der Waals surface area contributed by atoms with Gasteiger partial charge in [-0.3, -0.25) is 0 Å². The van der Waals surface area contributed by atoms with E-state index in [1.54, 1.807) is 10.9 Å². The fourth-order valence-electron chi connectivity index (χ4n) is 1.62. The van der Waals surface area contributed by atoms with Gasteiger partial charge in [0.1, 0.15) is 5.69 Å². The van der Waals surface area contributed by atoms with Gasteiger partial charge >= 0.3 is 0 Å². The Morgan fingerprint density at radius 1 is 1.00 bits per heavy atom. The van der Waals surface area contributed by atoms with Crippen molar-refractivity contribution in [3.05, 3.63) is 59.3 Å². The molecule has 0 saturated carbocycles. The molecule has 3 rings (SSSR count). The van der Waals surface area contributed by atoms with Gasteiger partial charge in [0.25, 0.3) is 0 Å². The van der Waals surface area contributed by atoms with Crippen LogP contribution in [0.15, 0.2) is 59.3 Å². The summed E-state index contributed by atoms with van der Waals surface area (Å²) in [5.74, 6) is 0.758. The predicted molar refractivity (Wildman–Crippen MR) is 72.3 cm³/mol. The molecule has 4 nitrogen and oxygen atoms in total. The molecule has 0 fully saturated rings. The summed E-state index contributed by atoms with van der Waals surface area (Å²) >= 11 is 3.41. The first-order chi connectivity index (χ1) is 8.83. The highest BCUT2D eigenvalue weighted by atomic mass is 79.9. The molecule has 0 saturated heterocycles. The molecule has 0 atom stereocenters. The van der Waals surface area contributed by atoms with Crippen LogP contribution in [0, 0.1) is 0 Å². The first kappa shape index (κ1) is 11.1. The molecule has 18 heavy (non-hydrogen) atoms. The Hall–Kier alpha value is -2.01. The quantitative estimate of drug-likeness (QED) is 0.730. The van der Waals surface area contributed by atoms with Crippen molar-refractivity contribution in [3.8, 4) is 17.1 Å². The summed E-state index contributed by atoms with van der Waals surface area (Å²) in [6.45, 7) is 0. The van der Waals surface area contributed by atoms with Gasteiger partial charge in [-0.15, -0.1) is 5.10 Å². The van der Waals surface area contributed by atoms with Crippen molar-refractivity contribution in [1.29, 1.82) is 0 Å². The van der Waals surface area contributed by atoms with Crippen LogP contribution in [-0.4, -0.2) is 20.0 Å². The summed E-state index contributed by atoms with van der Waals surface area (Å²) in [5.41, 5.74) is 1.86. The number of rotatable bonds is 2. The second-order valence-electron chi connectivity index (χ2n) is 3.74. The summed E-state index contributed by atoms with van der Waals surface area (Å²) in [5, 5.41) is 8.23. The number of halogens is 1. The van der Waals surface area contributed by atoms with Gasteiger partial charge in [-0.2, -0.15) is 0 Å². The molecule has 0 radical (unpaired) electrons. The van der Waals surface area contributed by atoms with Crippen molar-refractivity contribution in [2.24, 2.45) is 0 Å². The molecular weight excluding hydrogens is 292 g/mol. The molecule has 5 heteroatoms. The first-order valence-electron chi connectivity index (χ1n) is 5.42. The fraction of sp³-hybridized carbons (Fsp3) is 0. The zero-order valence-corrected chi connectivity index (χ0v) is 10.9. The second kappa shape index (κ2) is 4.70. The first-order valence-corrected chi connectivity index (χ1v) is 6.22. The number of hydrogen-bond donors (Lipinski definition) is 0. The number of nitrogens with zero attached hydrogens (tertiary/aromatic N) is 4. The Balaban J connectivity index is 1.97. The van der Waals surface area contributed by atoms with E-state index in [0.29, 0.717) is 0 Å². The summed E-state index contributed by atoms with van der Waals surface area (Å²) in [6, 6.07) is 13.6. The van der Waals surface area contributed by atoms with Crippen LogP contribution in [-0.2, 0) is 0 Å². The lowest BCUT2D eigenvalue weighted by Gasteiger charge is -1.97. The van der Waals surface area contributed by atoms with Gasteiger partial charge in [0.2, 0.25) is 0 Å². The van der Waals surface area contributed by atoms with Gasteiger partial charge in [0.15, 0.2) is 5.82 Å². The SMILES string of the molecule is Brc1ccc(-c2cn(-c3ccccn3)nn2)cc1. The van der Waals surface area contributed by atoms with Gasteiger partial charge in [0.05, 0.1) is 6.20 Å². The van der Waals surface area contributed by atoms with E-state index in [2.05, 4.69) is 31.2 Å². The van der Waals surface area contributed by atoms with Crippen LogP contribution in [0.5, 0.6) is 0 Å². The molecule has 0 spiro atoms. The topological polar surface area (TPSA) is 43.6 Å². The molecule has 3 aromatic rings. The molecular formula is C13H9BrN4. The Kier molecular flexibility index (Phi) is 2.90. The normalized spacial score (nSPS) is 10.5. The van der Waals surface area contributed by atoms with Gasteiger partial charge in [-0.05, 0) is 24.3 Å². The van der Waals surface area contributed by atoms with Crippen molar-refractivity contribution in [3.63, 3.8) is 0 Å². The molecule has 2 aromatic heterocycles. The zero-order chi connectivity index (χ0) is 12.4. The standard InChI is InChI=1S/C13H9BrN4/c14-11-6-4-10(5-7-11)12-9-18(17-16-12)13-3-1-2-8-15-13/h1-9H. The van der Waals surface area contributed by atoms with E-state index >= 15 is 0 Å². The molecule has 0 N–H and O–H groups in total. The van der Waals surface area contributed by atoms with E-state index in [0.717, 1.165) is 21.5 Å². The Morgan fingerprint density at radius 3 is 2.56 bits per heavy atom. The summed E-state index contributed by atoms with van der Waals surface area (Å²) < 4.78 is 2.71. The molecule has 0 bridgehead atoms. The Labute approximate surface area is 112 Å². The molecule has 0 aliphatic rings. The van der Waals surface area contributed by atoms with E-state index in [-0.39, 0.29) is 0 Å². The van der Waals surface area contributed by atoms with Crippen LogP contribution in [0.3, 0.4) is 0 Å². The van der Waals surface area contributed by atoms with Crippen LogP contribution >= 0.6 is 15.9 Å². The minimum atomic E-state index is 0.758. The maximum Gasteiger partial charge on any atom is 0.155 e. The van der Waals surface area contributed by atoms with Gasteiger partial charge in [-0.1, -0.05) is 39.3 Å². The summed E-state index contributed by atoms with van der Waals surface area (Å²) in [7, 11) is 0. The highest BCUT2D eigenvalue weighted by Gasteiger charge is 2.05. The molecule has 1 aromatic carbocycles. The van der Waals surface area contributed by atoms with Gasteiger partial charge in [0, 0.05) is 16.2 Å². The number of hydrogen-bond acceptors (Lipinski definition) is 3. The van der Waals surface area contributed by atoms with E-state index in [1.807, 2.05) is 48.7 Å². The predicted octanol–water partition coefficient (Wildman–Crippen LogP) is 3.09. The summed E-state index contributed by atoms with van der Waals surface area (Å²) in [4.78, 5) is 4.22. The van der Waals surface area contributed by atoms with Crippen LogP contribution in [0.1, 0.15) is 0 Å². The van der Waals surface area contributed by atoms with Crippen LogP contribution < -0.4 is 0 Å². The van der Waals surface area contributed by atoms with Crippen LogP contribution in [0.2, 0.25) is 0 Å². The Morgan fingerprint density at radius 2 is 1.83 bits per heavy atom. The fourth-order valence-corrected chi connectivity index (χ4v) is 1.88. The lowest BCUT2D eigenvalue weighted by Crippen LogP contribution is -1.96. The molecule has 0 amide bonds. The zero-order valence-electron chi connectivity index (χ0n) is 9.36. The molecule has 2 heterocycles. The van der Waals surface area contributed by atoms with E-state index < -0.39 is 0 Å². The Bertz CT molecular complexity index is 646. The van der Waals surface area contributed by atoms with E-state index in [9.17, 15) is 0 Å². The smallest absolute Gasteiger partial charge is 0.155 e. The maximum atomic E-state index is 4.22. The molecule has 0 aliphatic heterocycles. The third kappa shape index (κ3) is 2.17. The van der Waals surface area contributed by atoms with Crippen molar-refractivity contribution in [2.75, 3.05) is 0 Å². The second-order valence-corrected chi connectivity index (χ2v) is 4.66. The number of pyridine rings is 1. The monoisotopic (exact) mass is 300 g/mol. The molecule has 88 valence electrons. The van der Waals surface area contributed by atoms with E-state index in [1.165, 1.54) is 0 Å².